The summed E-state index contributed by atoms with van der Waals surface area (Å²) in [7, 11) is 0. The molecular formula is C22H29ClO3. The van der Waals surface area contributed by atoms with Crippen molar-refractivity contribution in [3.63, 3.8) is 0 Å². The molecule has 4 aliphatic carbocycles. The van der Waals surface area contributed by atoms with Crippen LogP contribution in [0.1, 0.15) is 65.7 Å². The van der Waals surface area contributed by atoms with Gasteiger partial charge >= 0.3 is 5.97 Å². The number of ether oxygens (including phenoxy) is 1. The third kappa shape index (κ3) is 2.53. The molecular weight excluding hydrogens is 348 g/mol. The molecule has 3 nitrogen and oxygen atoms in total. The van der Waals surface area contributed by atoms with Crippen LogP contribution in [0.5, 0.6) is 0 Å². The molecule has 0 N–H and O–H groups in total. The first-order chi connectivity index (χ1) is 12.3. The molecule has 142 valence electrons. The van der Waals surface area contributed by atoms with Gasteiger partial charge in [-0.1, -0.05) is 37.1 Å². The van der Waals surface area contributed by atoms with E-state index in [4.69, 9.17) is 16.3 Å². The van der Waals surface area contributed by atoms with Gasteiger partial charge in [-0.3, -0.25) is 9.59 Å². The Morgan fingerprint density at radius 3 is 2.62 bits per heavy atom. The zero-order valence-electron chi connectivity index (χ0n) is 16.0. The number of esters is 1. The number of carbonyl (C=O) groups excluding carboxylic acids is 2. The summed E-state index contributed by atoms with van der Waals surface area (Å²) in [5.74, 6) is 1.55. The van der Waals surface area contributed by atoms with Crippen LogP contribution in [0, 0.1) is 28.6 Å². The number of hydrogen-bond acceptors (Lipinski definition) is 3. The first-order valence-corrected chi connectivity index (χ1v) is 10.4. The molecule has 0 amide bonds. The highest BCUT2D eigenvalue weighted by Gasteiger charge is 2.58. The molecule has 2 fully saturated rings. The number of aldehydes is 1. The molecule has 0 aromatic rings. The summed E-state index contributed by atoms with van der Waals surface area (Å²) in [6, 6.07) is 0. The summed E-state index contributed by atoms with van der Waals surface area (Å²) >= 11 is 6.65. The van der Waals surface area contributed by atoms with E-state index >= 15 is 0 Å². The second-order valence-electron chi connectivity index (χ2n) is 9.35. The molecule has 0 spiro atoms. The fourth-order valence-electron chi connectivity index (χ4n) is 6.73. The molecule has 4 unspecified atom stereocenters. The fourth-order valence-corrected chi connectivity index (χ4v) is 7.08. The van der Waals surface area contributed by atoms with Crippen LogP contribution in [-0.4, -0.2) is 18.4 Å². The van der Waals surface area contributed by atoms with E-state index in [-0.39, 0.29) is 22.9 Å². The fraction of sp³-hybridized carbons (Fsp3) is 0.727. The largest absolute Gasteiger partial charge is 0.462 e. The molecule has 2 saturated carbocycles. The van der Waals surface area contributed by atoms with Crippen LogP contribution in [0.3, 0.4) is 0 Å². The Kier molecular flexibility index (Phi) is 4.38. The first-order valence-electron chi connectivity index (χ1n) is 10.0. The summed E-state index contributed by atoms with van der Waals surface area (Å²) in [5.41, 5.74) is 2.51. The second kappa shape index (κ2) is 6.22. The van der Waals surface area contributed by atoms with Crippen LogP contribution >= 0.6 is 11.6 Å². The van der Waals surface area contributed by atoms with E-state index in [2.05, 4.69) is 19.9 Å². The van der Waals surface area contributed by atoms with Crippen molar-refractivity contribution >= 4 is 23.9 Å². The quantitative estimate of drug-likeness (QED) is 0.378. The smallest absolute Gasteiger partial charge is 0.302 e. The zero-order valence-corrected chi connectivity index (χ0v) is 16.8. The maximum absolute atomic E-state index is 11.5. The minimum atomic E-state index is -0.172. The molecule has 0 saturated heterocycles. The molecule has 0 aliphatic heterocycles. The van der Waals surface area contributed by atoms with E-state index in [0.717, 1.165) is 55.4 Å². The van der Waals surface area contributed by atoms with Gasteiger partial charge in [0.2, 0.25) is 0 Å². The van der Waals surface area contributed by atoms with E-state index in [9.17, 15) is 9.59 Å². The Balaban J connectivity index is 1.61. The van der Waals surface area contributed by atoms with Gasteiger partial charge < -0.3 is 4.74 Å². The van der Waals surface area contributed by atoms with Crippen LogP contribution in [0.25, 0.3) is 0 Å². The van der Waals surface area contributed by atoms with Crippen LogP contribution in [0.15, 0.2) is 22.3 Å². The van der Waals surface area contributed by atoms with Crippen molar-refractivity contribution in [3.05, 3.63) is 22.3 Å². The SMILES string of the molecule is CC(=O)OC1CC[C@@]2(C)C(=CCC3C2CC[C@]2(C)C(Cl)=C(C=O)CC32)C1. The van der Waals surface area contributed by atoms with Crippen LogP contribution in [0.4, 0.5) is 0 Å². The molecule has 0 aromatic heterocycles. The predicted octanol–water partition coefficient (Wildman–Crippen LogP) is 5.18. The normalized spacial score (nSPS) is 44.5. The summed E-state index contributed by atoms with van der Waals surface area (Å²) in [6.07, 6.45) is 10.5. The minimum Gasteiger partial charge on any atom is -0.462 e. The summed E-state index contributed by atoms with van der Waals surface area (Å²) in [5, 5.41) is 0.828. The molecule has 0 aromatic carbocycles. The standard InChI is InChI=1S/C22H29ClO3/c1-13(25)26-16-6-8-21(2)15(11-16)4-5-17-18(21)7-9-22(3)19(17)10-14(12-24)20(22)23/h4,12,16-19H,5-11H2,1-3H3/t16?,17?,18?,19?,21-,22-/m0/s1. The maximum Gasteiger partial charge on any atom is 0.302 e. The molecule has 4 heteroatoms. The molecule has 26 heavy (non-hydrogen) atoms. The molecule has 4 rings (SSSR count). The number of fused-ring (bicyclic) bond motifs is 5. The third-order valence-electron chi connectivity index (χ3n) is 8.15. The van der Waals surface area contributed by atoms with Gasteiger partial charge in [-0.2, -0.15) is 0 Å². The minimum absolute atomic E-state index is 0.0182. The predicted molar refractivity (Wildman–Crippen MR) is 102 cm³/mol. The highest BCUT2D eigenvalue weighted by atomic mass is 35.5. The van der Waals surface area contributed by atoms with Crippen molar-refractivity contribution < 1.29 is 14.3 Å². The van der Waals surface area contributed by atoms with Gasteiger partial charge in [0.25, 0.3) is 0 Å². The van der Waals surface area contributed by atoms with Crippen LogP contribution in [0.2, 0.25) is 0 Å². The van der Waals surface area contributed by atoms with E-state index in [1.165, 1.54) is 18.9 Å². The molecule has 0 heterocycles. The zero-order chi connectivity index (χ0) is 18.7. The Morgan fingerprint density at radius 2 is 1.92 bits per heavy atom. The number of allylic oxidation sites excluding steroid dienone is 3. The van der Waals surface area contributed by atoms with Crippen molar-refractivity contribution in [1.29, 1.82) is 0 Å². The monoisotopic (exact) mass is 376 g/mol. The lowest BCUT2D eigenvalue weighted by atomic mass is 9.48. The van der Waals surface area contributed by atoms with Crippen molar-refractivity contribution in [2.45, 2.75) is 71.8 Å². The lowest BCUT2D eigenvalue weighted by molar-refractivity contribution is -0.148. The lowest BCUT2D eigenvalue weighted by Crippen LogP contribution is -2.50. The van der Waals surface area contributed by atoms with Gasteiger partial charge in [0.1, 0.15) is 12.4 Å². The van der Waals surface area contributed by atoms with Crippen LogP contribution in [-0.2, 0) is 14.3 Å². The van der Waals surface area contributed by atoms with E-state index in [1.807, 2.05) is 0 Å². The van der Waals surface area contributed by atoms with Gasteiger partial charge in [0, 0.05) is 29.4 Å². The topological polar surface area (TPSA) is 43.4 Å². The number of rotatable bonds is 2. The van der Waals surface area contributed by atoms with Gasteiger partial charge in [0.05, 0.1) is 0 Å². The molecule has 6 atom stereocenters. The van der Waals surface area contributed by atoms with E-state index < -0.39 is 0 Å². The highest BCUT2D eigenvalue weighted by Crippen LogP contribution is 2.66. The van der Waals surface area contributed by atoms with Crippen molar-refractivity contribution in [2.75, 3.05) is 0 Å². The van der Waals surface area contributed by atoms with Gasteiger partial charge in [-0.05, 0) is 61.7 Å². The number of carbonyl (C=O) groups is 2. The number of halogens is 1. The molecule has 4 aliphatic rings. The lowest BCUT2D eigenvalue weighted by Gasteiger charge is -2.57. The molecule has 0 radical (unpaired) electrons. The van der Waals surface area contributed by atoms with Crippen molar-refractivity contribution in [2.24, 2.45) is 28.6 Å². The Bertz CT molecular complexity index is 708. The van der Waals surface area contributed by atoms with E-state index in [0.29, 0.717) is 17.8 Å². The Labute approximate surface area is 161 Å². The van der Waals surface area contributed by atoms with Gasteiger partial charge in [-0.25, -0.2) is 0 Å². The van der Waals surface area contributed by atoms with Gasteiger partial charge in [-0.15, -0.1) is 0 Å². The average Bonchev–Trinajstić information content (AvgIpc) is 2.86. The Morgan fingerprint density at radius 1 is 1.19 bits per heavy atom. The highest BCUT2D eigenvalue weighted by molar-refractivity contribution is 6.32. The number of hydrogen-bond donors (Lipinski definition) is 0. The summed E-state index contributed by atoms with van der Waals surface area (Å²) in [6.45, 7) is 6.20. The summed E-state index contributed by atoms with van der Waals surface area (Å²) < 4.78 is 5.51. The first kappa shape index (κ1) is 18.3. The second-order valence-corrected chi connectivity index (χ2v) is 9.73. The summed E-state index contributed by atoms with van der Waals surface area (Å²) in [4.78, 5) is 22.8. The van der Waals surface area contributed by atoms with Crippen molar-refractivity contribution in [1.82, 2.24) is 0 Å². The van der Waals surface area contributed by atoms with Crippen molar-refractivity contribution in [3.8, 4) is 0 Å². The third-order valence-corrected chi connectivity index (χ3v) is 8.82. The molecule has 0 bridgehead atoms. The maximum atomic E-state index is 11.5. The van der Waals surface area contributed by atoms with Gasteiger partial charge in [0.15, 0.2) is 0 Å². The Hall–Kier alpha value is -1.09. The van der Waals surface area contributed by atoms with E-state index in [1.54, 1.807) is 0 Å². The van der Waals surface area contributed by atoms with Crippen LogP contribution < -0.4 is 0 Å². The average molecular weight is 377 g/mol.